The second kappa shape index (κ2) is 6.72. The topological polar surface area (TPSA) is 71.7 Å². The van der Waals surface area contributed by atoms with Crippen LogP contribution in [0.4, 0.5) is 4.39 Å². The molecule has 0 saturated heterocycles. The molecule has 0 aliphatic carbocycles. The summed E-state index contributed by atoms with van der Waals surface area (Å²) < 4.78 is 23.3. The lowest BCUT2D eigenvalue weighted by atomic mass is 10.3. The van der Waals surface area contributed by atoms with Crippen LogP contribution in [-0.2, 0) is 4.79 Å². The van der Waals surface area contributed by atoms with E-state index in [1.165, 1.54) is 24.5 Å². The average Bonchev–Trinajstić information content (AvgIpc) is 2.98. The van der Waals surface area contributed by atoms with Crippen molar-refractivity contribution in [1.82, 2.24) is 5.32 Å². The number of nitrogens with one attached hydrogen (secondary N) is 1. The van der Waals surface area contributed by atoms with Gasteiger partial charge in [-0.2, -0.15) is 0 Å². The van der Waals surface area contributed by atoms with Gasteiger partial charge in [-0.1, -0.05) is 12.1 Å². The lowest BCUT2D eigenvalue weighted by molar-refractivity contribution is -0.123. The Kier molecular flexibility index (Phi) is 4.73. The summed E-state index contributed by atoms with van der Waals surface area (Å²) >= 11 is 0. The van der Waals surface area contributed by atoms with Crippen LogP contribution in [0.1, 0.15) is 11.9 Å². The number of furan rings is 1. The number of hydrogen-bond acceptors (Lipinski definition) is 4. The van der Waals surface area contributed by atoms with E-state index in [0.29, 0.717) is 5.76 Å². The molecule has 1 heterocycles. The van der Waals surface area contributed by atoms with Crippen LogP contribution in [0.15, 0.2) is 47.1 Å². The molecule has 0 spiro atoms. The maximum atomic E-state index is 13.2. The number of carbonyl (C=O) groups is 1. The highest BCUT2D eigenvalue weighted by atomic mass is 19.1. The standard InChI is InChI=1S/C14H14FNO4/c15-10-4-1-2-5-12(10)20-9-14(18)16-8-11(17)13-6-3-7-19-13/h1-7,11,17H,8-9H2,(H,16,18). The summed E-state index contributed by atoms with van der Waals surface area (Å²) in [6.45, 7) is -0.335. The van der Waals surface area contributed by atoms with Crippen molar-refractivity contribution >= 4 is 5.91 Å². The van der Waals surface area contributed by atoms with Gasteiger partial charge in [0.05, 0.1) is 12.8 Å². The number of ether oxygens (including phenoxy) is 1. The van der Waals surface area contributed by atoms with Crippen molar-refractivity contribution in [2.45, 2.75) is 6.10 Å². The van der Waals surface area contributed by atoms with Crippen molar-refractivity contribution in [1.29, 1.82) is 0 Å². The number of benzene rings is 1. The van der Waals surface area contributed by atoms with Gasteiger partial charge in [-0.25, -0.2) is 4.39 Å². The fourth-order valence-corrected chi connectivity index (χ4v) is 1.55. The molecule has 2 rings (SSSR count). The monoisotopic (exact) mass is 279 g/mol. The Hall–Kier alpha value is -2.34. The maximum absolute atomic E-state index is 13.2. The van der Waals surface area contributed by atoms with Gasteiger partial charge in [0.25, 0.3) is 5.91 Å². The third-order valence-corrected chi connectivity index (χ3v) is 2.56. The van der Waals surface area contributed by atoms with Gasteiger partial charge in [-0.15, -0.1) is 0 Å². The van der Waals surface area contributed by atoms with Crippen molar-refractivity contribution in [3.8, 4) is 5.75 Å². The SMILES string of the molecule is O=C(COc1ccccc1F)NCC(O)c1ccco1. The fourth-order valence-electron chi connectivity index (χ4n) is 1.55. The number of amides is 1. The minimum Gasteiger partial charge on any atom is -0.481 e. The van der Waals surface area contributed by atoms with Gasteiger partial charge in [0.15, 0.2) is 18.2 Å². The molecule has 1 atom stereocenters. The molecule has 1 unspecified atom stereocenters. The number of halogens is 1. The second-order valence-electron chi connectivity index (χ2n) is 4.05. The summed E-state index contributed by atoms with van der Waals surface area (Å²) in [5, 5.41) is 12.1. The molecule has 0 aliphatic rings. The zero-order chi connectivity index (χ0) is 14.4. The summed E-state index contributed by atoms with van der Waals surface area (Å²) in [6.07, 6.45) is 0.504. The third-order valence-electron chi connectivity index (χ3n) is 2.56. The van der Waals surface area contributed by atoms with Crippen molar-refractivity contribution in [3.63, 3.8) is 0 Å². The molecule has 1 amide bonds. The lowest BCUT2D eigenvalue weighted by Gasteiger charge is -2.10. The third kappa shape index (κ3) is 3.83. The van der Waals surface area contributed by atoms with Crippen LogP contribution in [0.2, 0.25) is 0 Å². The van der Waals surface area contributed by atoms with E-state index in [4.69, 9.17) is 9.15 Å². The van der Waals surface area contributed by atoms with Crippen LogP contribution < -0.4 is 10.1 Å². The molecule has 0 fully saturated rings. The number of rotatable bonds is 6. The van der Waals surface area contributed by atoms with Gasteiger partial charge < -0.3 is 19.6 Å². The molecule has 0 aliphatic heterocycles. The Morgan fingerprint density at radius 3 is 2.85 bits per heavy atom. The fraction of sp³-hybridized carbons (Fsp3) is 0.214. The minimum atomic E-state index is -0.928. The predicted octanol–water partition coefficient (Wildman–Crippen LogP) is 1.65. The smallest absolute Gasteiger partial charge is 0.258 e. The largest absolute Gasteiger partial charge is 0.481 e. The van der Waals surface area contributed by atoms with E-state index in [0.717, 1.165) is 0 Å². The number of para-hydroxylation sites is 1. The summed E-state index contributed by atoms with van der Waals surface area (Å²) in [4.78, 5) is 11.5. The molecule has 1 aromatic heterocycles. The van der Waals surface area contributed by atoms with E-state index in [9.17, 15) is 14.3 Å². The first kappa shape index (κ1) is 14.1. The van der Waals surface area contributed by atoms with Crippen LogP contribution in [0, 0.1) is 5.82 Å². The number of aliphatic hydroxyl groups excluding tert-OH is 1. The summed E-state index contributed by atoms with van der Waals surface area (Å²) in [6, 6.07) is 9.06. The van der Waals surface area contributed by atoms with Gasteiger partial charge in [0.2, 0.25) is 0 Å². The lowest BCUT2D eigenvalue weighted by Crippen LogP contribution is -2.32. The van der Waals surface area contributed by atoms with Gasteiger partial charge >= 0.3 is 0 Å². The molecular formula is C14H14FNO4. The first-order chi connectivity index (χ1) is 9.66. The normalized spacial score (nSPS) is 11.9. The molecule has 5 nitrogen and oxygen atoms in total. The van der Waals surface area contributed by atoms with Crippen LogP contribution >= 0.6 is 0 Å². The molecule has 1 aromatic carbocycles. The first-order valence-corrected chi connectivity index (χ1v) is 6.02. The van der Waals surface area contributed by atoms with E-state index in [1.54, 1.807) is 18.2 Å². The van der Waals surface area contributed by atoms with Gasteiger partial charge in [-0.3, -0.25) is 4.79 Å². The van der Waals surface area contributed by atoms with Gasteiger partial charge in [0, 0.05) is 0 Å². The molecule has 2 aromatic rings. The van der Waals surface area contributed by atoms with Gasteiger partial charge in [0.1, 0.15) is 11.9 Å². The zero-order valence-corrected chi connectivity index (χ0v) is 10.6. The molecule has 0 radical (unpaired) electrons. The first-order valence-electron chi connectivity index (χ1n) is 6.02. The summed E-state index contributed by atoms with van der Waals surface area (Å²) in [5.41, 5.74) is 0. The molecule has 2 N–H and O–H groups in total. The Bertz CT molecular complexity index is 556. The average molecular weight is 279 g/mol. The van der Waals surface area contributed by atoms with Crippen molar-refractivity contribution in [2.24, 2.45) is 0 Å². The Morgan fingerprint density at radius 1 is 1.35 bits per heavy atom. The molecule has 0 saturated carbocycles. The van der Waals surface area contributed by atoms with Crippen LogP contribution in [0.5, 0.6) is 5.75 Å². The molecule has 0 bridgehead atoms. The Balaban J connectivity index is 1.75. The highest BCUT2D eigenvalue weighted by Crippen LogP contribution is 2.15. The van der Waals surface area contributed by atoms with E-state index in [-0.39, 0.29) is 18.9 Å². The van der Waals surface area contributed by atoms with Crippen LogP contribution in [0.3, 0.4) is 0 Å². The number of aliphatic hydroxyl groups is 1. The quantitative estimate of drug-likeness (QED) is 0.843. The number of hydrogen-bond donors (Lipinski definition) is 2. The van der Waals surface area contributed by atoms with Crippen molar-refractivity contribution in [2.75, 3.05) is 13.2 Å². The van der Waals surface area contributed by atoms with Crippen molar-refractivity contribution in [3.05, 3.63) is 54.2 Å². The highest BCUT2D eigenvalue weighted by molar-refractivity contribution is 5.77. The predicted molar refractivity (Wildman–Crippen MR) is 68.6 cm³/mol. The zero-order valence-electron chi connectivity index (χ0n) is 10.6. The van der Waals surface area contributed by atoms with Crippen molar-refractivity contribution < 1.29 is 23.4 Å². The van der Waals surface area contributed by atoms with E-state index in [1.807, 2.05) is 0 Å². The second-order valence-corrected chi connectivity index (χ2v) is 4.05. The minimum absolute atomic E-state index is 0.00697. The number of carbonyl (C=O) groups excluding carboxylic acids is 1. The molecule has 106 valence electrons. The summed E-state index contributed by atoms with van der Waals surface area (Å²) in [5.74, 6) is -0.621. The summed E-state index contributed by atoms with van der Waals surface area (Å²) in [7, 11) is 0. The van der Waals surface area contributed by atoms with Crippen LogP contribution in [-0.4, -0.2) is 24.2 Å². The molecule has 6 heteroatoms. The molecule has 20 heavy (non-hydrogen) atoms. The Morgan fingerprint density at radius 2 is 2.15 bits per heavy atom. The Labute approximate surface area is 115 Å². The van der Waals surface area contributed by atoms with Crippen LogP contribution in [0.25, 0.3) is 0 Å². The molecular weight excluding hydrogens is 265 g/mol. The maximum Gasteiger partial charge on any atom is 0.258 e. The van der Waals surface area contributed by atoms with E-state index >= 15 is 0 Å². The highest BCUT2D eigenvalue weighted by Gasteiger charge is 2.12. The van der Waals surface area contributed by atoms with E-state index < -0.39 is 17.8 Å². The van der Waals surface area contributed by atoms with E-state index in [2.05, 4.69) is 5.32 Å². The van der Waals surface area contributed by atoms with Gasteiger partial charge in [-0.05, 0) is 24.3 Å².